The van der Waals surface area contributed by atoms with E-state index >= 15 is 0 Å². The summed E-state index contributed by atoms with van der Waals surface area (Å²) in [7, 11) is -3.40. The van der Waals surface area contributed by atoms with Gasteiger partial charge in [-0.15, -0.1) is 0 Å². The fraction of sp³-hybridized carbons (Fsp3) is 0.355. The molecule has 1 aliphatic heterocycles. The van der Waals surface area contributed by atoms with E-state index in [4.69, 9.17) is 14.2 Å². The summed E-state index contributed by atoms with van der Waals surface area (Å²) in [6.07, 6.45) is 0.589. The summed E-state index contributed by atoms with van der Waals surface area (Å²) < 4.78 is 40.6. The molecular formula is C31H35NO8S2. The van der Waals surface area contributed by atoms with Crippen LogP contribution >= 0.6 is 11.8 Å². The van der Waals surface area contributed by atoms with Gasteiger partial charge < -0.3 is 24.6 Å². The Morgan fingerprint density at radius 3 is 2.52 bits per heavy atom. The van der Waals surface area contributed by atoms with Crippen molar-refractivity contribution in [3.05, 3.63) is 82.9 Å². The van der Waals surface area contributed by atoms with Crippen molar-refractivity contribution in [3.8, 4) is 22.6 Å². The minimum atomic E-state index is -3.40. The number of carbonyl (C=O) groups excluding carboxylic acids is 1. The van der Waals surface area contributed by atoms with Crippen LogP contribution in [0.25, 0.3) is 11.1 Å². The number of hydrogen-bond donors (Lipinski definition) is 2. The summed E-state index contributed by atoms with van der Waals surface area (Å²) in [6, 6.07) is 17.4. The molecule has 0 saturated heterocycles. The second kappa shape index (κ2) is 14.1. The van der Waals surface area contributed by atoms with Gasteiger partial charge in [0.1, 0.15) is 15.9 Å². The number of thioether (sulfide) groups is 1. The fourth-order valence-electron chi connectivity index (χ4n) is 4.58. The van der Waals surface area contributed by atoms with Crippen LogP contribution in [0.1, 0.15) is 46.5 Å². The summed E-state index contributed by atoms with van der Waals surface area (Å²) in [5, 5.41) is 12.1. The molecule has 0 unspecified atom stereocenters. The van der Waals surface area contributed by atoms with E-state index in [2.05, 4.69) is 12.2 Å². The van der Waals surface area contributed by atoms with Gasteiger partial charge >= 0.3 is 5.97 Å². The first-order valence-corrected chi connectivity index (χ1v) is 16.8. The summed E-state index contributed by atoms with van der Waals surface area (Å²) in [4.78, 5) is 25.2. The van der Waals surface area contributed by atoms with Crippen LogP contribution in [0.4, 0.5) is 0 Å². The van der Waals surface area contributed by atoms with Gasteiger partial charge in [0.15, 0.2) is 11.5 Å². The van der Waals surface area contributed by atoms with Crippen LogP contribution in [0.15, 0.2) is 60.7 Å². The van der Waals surface area contributed by atoms with Gasteiger partial charge in [0, 0.05) is 17.6 Å². The molecule has 2 N–H and O–H groups in total. The highest BCUT2D eigenvalue weighted by molar-refractivity contribution is 7.99. The van der Waals surface area contributed by atoms with Gasteiger partial charge in [0.25, 0.3) is 5.91 Å². The van der Waals surface area contributed by atoms with Crippen molar-refractivity contribution in [3.63, 3.8) is 0 Å². The van der Waals surface area contributed by atoms with Gasteiger partial charge in [0.2, 0.25) is 6.79 Å². The summed E-state index contributed by atoms with van der Waals surface area (Å²) in [6.45, 7) is 4.50. The zero-order valence-electron chi connectivity index (χ0n) is 23.8. The molecule has 0 aromatic heterocycles. The van der Waals surface area contributed by atoms with E-state index in [9.17, 15) is 23.1 Å². The maximum atomic E-state index is 13.4. The lowest BCUT2D eigenvalue weighted by atomic mass is 9.93. The summed E-state index contributed by atoms with van der Waals surface area (Å²) >= 11 is 1.77. The first kappa shape index (κ1) is 31.4. The molecule has 0 saturated carbocycles. The molecule has 3 aromatic rings. The number of benzene rings is 3. The third-order valence-corrected chi connectivity index (χ3v) is 8.76. The lowest BCUT2D eigenvalue weighted by Gasteiger charge is -2.20. The normalized spacial score (nSPS) is 13.9. The molecule has 4 rings (SSSR count). The molecule has 9 nitrogen and oxygen atoms in total. The minimum absolute atomic E-state index is 0.195. The number of aryl methyl sites for hydroxylation is 1. The minimum Gasteiger partial charge on any atom is -0.480 e. The Hall–Kier alpha value is -3.54. The lowest BCUT2D eigenvalue weighted by molar-refractivity contribution is -0.139. The fourth-order valence-corrected chi connectivity index (χ4v) is 5.98. The molecule has 1 heterocycles. The van der Waals surface area contributed by atoms with Crippen molar-refractivity contribution in [2.75, 3.05) is 30.3 Å². The van der Waals surface area contributed by atoms with E-state index < -0.39 is 27.8 Å². The van der Waals surface area contributed by atoms with Gasteiger partial charge in [-0.05, 0) is 71.2 Å². The monoisotopic (exact) mass is 613 g/mol. The van der Waals surface area contributed by atoms with E-state index in [1.54, 1.807) is 23.9 Å². The smallest absolute Gasteiger partial charge is 0.326 e. The Labute approximate surface area is 250 Å². The molecular weight excluding hydrogens is 578 g/mol. The van der Waals surface area contributed by atoms with Crippen molar-refractivity contribution in [2.24, 2.45) is 0 Å². The largest absolute Gasteiger partial charge is 0.480 e. The number of hydrogen-bond acceptors (Lipinski definition) is 8. The Balaban J connectivity index is 1.60. The van der Waals surface area contributed by atoms with E-state index in [1.165, 1.54) is 0 Å². The van der Waals surface area contributed by atoms with E-state index in [0.29, 0.717) is 17.1 Å². The molecule has 0 spiro atoms. The number of sulfone groups is 1. The maximum Gasteiger partial charge on any atom is 0.326 e. The van der Waals surface area contributed by atoms with Gasteiger partial charge in [-0.3, -0.25) is 4.79 Å². The van der Waals surface area contributed by atoms with Gasteiger partial charge in [-0.1, -0.05) is 43.3 Å². The number of carbonyl (C=O) groups is 2. The van der Waals surface area contributed by atoms with Crippen LogP contribution in [-0.2, 0) is 26.0 Å². The molecule has 42 heavy (non-hydrogen) atoms. The highest BCUT2D eigenvalue weighted by Gasteiger charge is 2.25. The van der Waals surface area contributed by atoms with Gasteiger partial charge in [-0.25, -0.2) is 13.2 Å². The van der Waals surface area contributed by atoms with Crippen molar-refractivity contribution >= 4 is 33.5 Å². The highest BCUT2D eigenvalue weighted by atomic mass is 32.2. The molecule has 0 radical (unpaired) electrons. The van der Waals surface area contributed by atoms with Crippen LogP contribution in [0, 0.1) is 6.92 Å². The average molecular weight is 614 g/mol. The van der Waals surface area contributed by atoms with Crippen molar-refractivity contribution in [1.82, 2.24) is 5.32 Å². The number of aliphatic carboxylic acids is 1. The third-order valence-electron chi connectivity index (χ3n) is 6.84. The first-order valence-electron chi connectivity index (χ1n) is 13.5. The molecule has 0 fully saturated rings. The average Bonchev–Trinajstić information content (AvgIpc) is 3.43. The molecule has 3 aromatic carbocycles. The van der Waals surface area contributed by atoms with Gasteiger partial charge in [-0.2, -0.15) is 11.8 Å². The molecule has 1 amide bonds. The number of nitrogens with one attached hydrogen (secondary N) is 1. The van der Waals surface area contributed by atoms with Crippen LogP contribution in [0.3, 0.4) is 0 Å². The lowest BCUT2D eigenvalue weighted by Crippen LogP contribution is -2.42. The molecule has 0 bridgehead atoms. The van der Waals surface area contributed by atoms with E-state index in [-0.39, 0.29) is 37.2 Å². The Bertz CT molecular complexity index is 1540. The van der Waals surface area contributed by atoms with Crippen LogP contribution in [0.5, 0.6) is 11.5 Å². The number of amides is 1. The Morgan fingerprint density at radius 1 is 1.05 bits per heavy atom. The number of carboxylic acid groups (broad SMARTS) is 1. The van der Waals surface area contributed by atoms with Crippen molar-refractivity contribution in [1.29, 1.82) is 0 Å². The second-order valence-electron chi connectivity index (χ2n) is 10.0. The van der Waals surface area contributed by atoms with E-state index in [0.717, 1.165) is 40.0 Å². The SMILES string of the molecule is CCSC[C@@H](OCc1ccc(C(=O)N[C@@H](CCS(C)(=O)=O)C(=O)O)c(-c2ccccc2C)c1)c1ccc2c(c1)OCO2. The zero-order chi connectivity index (χ0) is 30.3. The molecule has 224 valence electrons. The Morgan fingerprint density at radius 2 is 1.81 bits per heavy atom. The van der Waals surface area contributed by atoms with Crippen LogP contribution in [-0.4, -0.2) is 61.7 Å². The molecule has 2 atom stereocenters. The zero-order valence-corrected chi connectivity index (χ0v) is 25.4. The molecule has 11 heteroatoms. The number of ether oxygens (including phenoxy) is 3. The number of carboxylic acids is 1. The molecule has 1 aliphatic rings. The highest BCUT2D eigenvalue weighted by Crippen LogP contribution is 2.36. The summed E-state index contributed by atoms with van der Waals surface area (Å²) in [5.41, 5.74) is 4.48. The number of rotatable bonds is 14. The Kier molecular flexibility index (Phi) is 10.5. The number of fused-ring (bicyclic) bond motifs is 1. The second-order valence-corrected chi connectivity index (χ2v) is 13.6. The van der Waals surface area contributed by atoms with Crippen LogP contribution < -0.4 is 14.8 Å². The predicted molar refractivity (Wildman–Crippen MR) is 163 cm³/mol. The van der Waals surface area contributed by atoms with Crippen LogP contribution in [0.2, 0.25) is 0 Å². The molecule has 0 aliphatic carbocycles. The quantitative estimate of drug-likeness (QED) is 0.258. The predicted octanol–water partition coefficient (Wildman–Crippen LogP) is 5.02. The topological polar surface area (TPSA) is 128 Å². The first-order chi connectivity index (χ1) is 20.1. The van der Waals surface area contributed by atoms with E-state index in [1.807, 2.05) is 55.5 Å². The third kappa shape index (κ3) is 8.27. The van der Waals surface area contributed by atoms with Crippen molar-refractivity contribution in [2.45, 2.75) is 39.0 Å². The standard InChI is InChI=1S/C31H35NO8S2/c1-4-41-18-29(22-10-12-27-28(16-22)40-19-39-27)38-17-21-9-11-24(25(15-21)23-8-6-5-7-20(23)2)30(33)32-26(31(34)35)13-14-42(3,36)37/h5-12,15-16,26,29H,4,13-14,17-19H2,1-3H3,(H,32,33)(H,34,35)/t26-,29+/m0/s1. The van der Waals surface area contributed by atoms with Gasteiger partial charge in [0.05, 0.1) is 18.5 Å². The summed E-state index contributed by atoms with van der Waals surface area (Å²) in [5.74, 6) is 0.827. The maximum absolute atomic E-state index is 13.4. The van der Waals surface area contributed by atoms with Crippen molar-refractivity contribution < 1.29 is 37.3 Å².